The van der Waals surface area contributed by atoms with Crippen LogP contribution >= 0.6 is 11.6 Å². The summed E-state index contributed by atoms with van der Waals surface area (Å²) < 4.78 is 0. The van der Waals surface area contributed by atoms with Crippen molar-refractivity contribution in [2.45, 2.75) is 36.5 Å². The second-order valence-corrected chi connectivity index (χ2v) is 8.13. The number of aromatic nitrogens is 1. The molecule has 2 aromatic rings. The normalized spacial score (nSPS) is 20.8. The van der Waals surface area contributed by atoms with E-state index in [2.05, 4.69) is 28.5 Å². The number of hydrogen-bond acceptors (Lipinski definition) is 3. The largest absolute Gasteiger partial charge is 0.369 e. The van der Waals surface area contributed by atoms with Gasteiger partial charge in [0.1, 0.15) is 5.82 Å². The Kier molecular flexibility index (Phi) is 3.26. The molecule has 0 bridgehead atoms. The average Bonchev–Trinajstić information content (AvgIpc) is 3.21. The summed E-state index contributed by atoms with van der Waals surface area (Å²) in [5.41, 5.74) is 9.19. The zero-order valence-corrected chi connectivity index (χ0v) is 15.1. The van der Waals surface area contributed by atoms with Gasteiger partial charge in [0.25, 0.3) is 0 Å². The van der Waals surface area contributed by atoms with Crippen LogP contribution in [0, 0.1) is 0 Å². The molecule has 3 N–H and O–H groups in total. The molecule has 26 heavy (non-hydrogen) atoms. The first-order chi connectivity index (χ1) is 12.6. The molecule has 1 saturated carbocycles. The second kappa shape index (κ2) is 5.34. The van der Waals surface area contributed by atoms with Crippen LogP contribution in [-0.2, 0) is 15.6 Å². The number of pyridine rings is 1. The van der Waals surface area contributed by atoms with Crippen LogP contribution in [0.2, 0.25) is 5.02 Å². The number of nitrogens with zero attached hydrogens (tertiary/aromatic N) is 1. The smallest absolute Gasteiger partial charge is 0.228 e. The van der Waals surface area contributed by atoms with Crippen LogP contribution in [0.3, 0.4) is 0 Å². The zero-order chi connectivity index (χ0) is 17.9. The van der Waals surface area contributed by atoms with Crippen molar-refractivity contribution in [3.05, 3.63) is 58.8 Å². The SMILES string of the molecule is NC(=O)C1(c2cccc(-c3cnc4c(c3Cl)C3(CC=CC3)CN4)c2)CC1. The van der Waals surface area contributed by atoms with E-state index in [0.717, 1.165) is 65.3 Å². The van der Waals surface area contributed by atoms with Crippen molar-refractivity contribution in [1.82, 2.24) is 4.98 Å². The fraction of sp³-hybridized carbons (Fsp3) is 0.333. The molecular weight excluding hydrogens is 346 g/mol. The summed E-state index contributed by atoms with van der Waals surface area (Å²) in [5, 5.41) is 4.18. The Balaban J connectivity index is 1.62. The molecule has 2 heterocycles. The summed E-state index contributed by atoms with van der Waals surface area (Å²) >= 11 is 6.90. The Morgan fingerprint density at radius 2 is 2.00 bits per heavy atom. The third-order valence-corrected chi connectivity index (χ3v) is 6.66. The van der Waals surface area contributed by atoms with Crippen LogP contribution in [0.15, 0.2) is 42.6 Å². The van der Waals surface area contributed by atoms with Crippen LogP contribution < -0.4 is 11.1 Å². The van der Waals surface area contributed by atoms with E-state index in [-0.39, 0.29) is 11.3 Å². The lowest BCUT2D eigenvalue weighted by Gasteiger charge is -2.24. The second-order valence-electron chi connectivity index (χ2n) is 7.75. The lowest BCUT2D eigenvalue weighted by Crippen LogP contribution is -2.28. The highest BCUT2D eigenvalue weighted by Gasteiger charge is 2.50. The number of allylic oxidation sites excluding steroid dienone is 2. The highest BCUT2D eigenvalue weighted by Crippen LogP contribution is 2.51. The van der Waals surface area contributed by atoms with E-state index in [4.69, 9.17) is 17.3 Å². The molecule has 1 amide bonds. The van der Waals surface area contributed by atoms with Crippen molar-refractivity contribution in [1.29, 1.82) is 0 Å². The number of halogens is 1. The van der Waals surface area contributed by atoms with E-state index in [1.807, 2.05) is 24.4 Å². The van der Waals surface area contributed by atoms with Crippen molar-refractivity contribution in [3.8, 4) is 11.1 Å². The number of rotatable bonds is 3. The maximum absolute atomic E-state index is 11.9. The van der Waals surface area contributed by atoms with Gasteiger partial charge in [0.2, 0.25) is 5.91 Å². The van der Waals surface area contributed by atoms with Crippen molar-refractivity contribution in [2.24, 2.45) is 5.73 Å². The number of nitrogens with two attached hydrogens (primary N) is 1. The summed E-state index contributed by atoms with van der Waals surface area (Å²) in [5.74, 6) is 0.655. The van der Waals surface area contributed by atoms with Crippen LogP contribution in [0.5, 0.6) is 0 Å². The van der Waals surface area contributed by atoms with E-state index in [1.54, 1.807) is 0 Å². The third-order valence-electron chi connectivity index (χ3n) is 6.27. The summed E-state index contributed by atoms with van der Waals surface area (Å²) in [6.07, 6.45) is 9.90. The fourth-order valence-corrected chi connectivity index (χ4v) is 4.93. The van der Waals surface area contributed by atoms with Gasteiger partial charge < -0.3 is 11.1 Å². The van der Waals surface area contributed by atoms with Crippen molar-refractivity contribution in [3.63, 3.8) is 0 Å². The number of hydrogen-bond donors (Lipinski definition) is 2. The number of fused-ring (bicyclic) bond motifs is 2. The molecule has 132 valence electrons. The first kappa shape index (κ1) is 15.9. The topological polar surface area (TPSA) is 68.0 Å². The molecule has 5 heteroatoms. The predicted molar refractivity (Wildman–Crippen MR) is 103 cm³/mol. The number of carbonyl (C=O) groups is 1. The quantitative estimate of drug-likeness (QED) is 0.810. The van der Waals surface area contributed by atoms with Crippen LogP contribution in [-0.4, -0.2) is 17.4 Å². The molecule has 0 radical (unpaired) electrons. The van der Waals surface area contributed by atoms with Gasteiger partial charge in [-0.15, -0.1) is 0 Å². The summed E-state index contributed by atoms with van der Waals surface area (Å²) in [7, 11) is 0. The lowest BCUT2D eigenvalue weighted by molar-refractivity contribution is -0.120. The maximum Gasteiger partial charge on any atom is 0.228 e. The molecule has 0 unspecified atom stereocenters. The van der Waals surface area contributed by atoms with Crippen molar-refractivity contribution >= 4 is 23.3 Å². The Morgan fingerprint density at radius 1 is 1.23 bits per heavy atom. The molecule has 1 aromatic carbocycles. The third kappa shape index (κ3) is 2.08. The highest BCUT2D eigenvalue weighted by molar-refractivity contribution is 6.34. The first-order valence-electron chi connectivity index (χ1n) is 9.04. The number of anilines is 1. The van der Waals surface area contributed by atoms with Gasteiger partial charge in [-0.25, -0.2) is 4.98 Å². The summed E-state index contributed by atoms with van der Waals surface area (Å²) in [6.45, 7) is 0.871. The van der Waals surface area contributed by atoms with Crippen molar-refractivity contribution < 1.29 is 4.79 Å². The van der Waals surface area contributed by atoms with Gasteiger partial charge in [-0.05, 0) is 42.9 Å². The van der Waals surface area contributed by atoms with Gasteiger partial charge in [0.15, 0.2) is 0 Å². The van der Waals surface area contributed by atoms with E-state index < -0.39 is 5.41 Å². The predicted octanol–water partition coefficient (Wildman–Crippen LogP) is 3.93. The number of carbonyl (C=O) groups excluding carboxylic acids is 1. The Hall–Kier alpha value is -2.33. The molecule has 0 saturated heterocycles. The Bertz CT molecular complexity index is 954. The minimum atomic E-state index is -0.495. The van der Waals surface area contributed by atoms with Gasteiger partial charge in [-0.2, -0.15) is 0 Å². The molecule has 1 fully saturated rings. The fourth-order valence-electron chi connectivity index (χ4n) is 4.49. The van der Waals surface area contributed by atoms with E-state index in [9.17, 15) is 4.79 Å². The van der Waals surface area contributed by atoms with E-state index >= 15 is 0 Å². The van der Waals surface area contributed by atoms with Crippen LogP contribution in [0.1, 0.15) is 36.8 Å². The molecule has 0 atom stereocenters. The standard InChI is InChI=1S/C21H20ClN3O/c22-17-15(11-24-18-16(17)20(12-25-18)6-1-2-7-20)13-4-3-5-14(10-13)21(8-9-21)19(23)26/h1-5,10-11H,6-9,12H2,(H2,23,26)(H,24,25). The number of nitrogens with one attached hydrogen (secondary N) is 1. The first-order valence-corrected chi connectivity index (χ1v) is 9.42. The monoisotopic (exact) mass is 365 g/mol. The maximum atomic E-state index is 11.9. The van der Waals surface area contributed by atoms with Gasteiger partial charge in [0, 0.05) is 29.3 Å². The molecule has 4 nitrogen and oxygen atoms in total. The molecule has 5 rings (SSSR count). The van der Waals surface area contributed by atoms with Crippen LogP contribution in [0.25, 0.3) is 11.1 Å². The molecule has 3 aliphatic rings. The highest BCUT2D eigenvalue weighted by atomic mass is 35.5. The molecule has 2 aliphatic carbocycles. The molecule has 1 spiro atoms. The summed E-state index contributed by atoms with van der Waals surface area (Å²) in [6, 6.07) is 8.04. The minimum absolute atomic E-state index is 0.0258. The van der Waals surface area contributed by atoms with Gasteiger partial charge in [-0.1, -0.05) is 42.0 Å². The molecular formula is C21H20ClN3O. The number of benzene rings is 1. The van der Waals surface area contributed by atoms with Gasteiger partial charge in [0.05, 0.1) is 10.4 Å². The lowest BCUT2D eigenvalue weighted by atomic mass is 9.80. The van der Waals surface area contributed by atoms with E-state index in [0.29, 0.717) is 0 Å². The molecule has 1 aliphatic heterocycles. The van der Waals surface area contributed by atoms with Gasteiger partial charge in [-0.3, -0.25) is 4.79 Å². The number of amides is 1. The van der Waals surface area contributed by atoms with E-state index in [1.165, 1.54) is 0 Å². The minimum Gasteiger partial charge on any atom is -0.369 e. The average molecular weight is 366 g/mol. The Labute approximate surface area is 157 Å². The van der Waals surface area contributed by atoms with Gasteiger partial charge >= 0.3 is 0 Å². The van der Waals surface area contributed by atoms with Crippen LogP contribution in [0.4, 0.5) is 5.82 Å². The summed E-state index contributed by atoms with van der Waals surface area (Å²) in [4.78, 5) is 16.5. The molecule has 1 aromatic heterocycles. The zero-order valence-electron chi connectivity index (χ0n) is 14.4. The van der Waals surface area contributed by atoms with Crippen molar-refractivity contribution in [2.75, 3.05) is 11.9 Å². The Morgan fingerprint density at radius 3 is 2.69 bits per heavy atom. The number of primary amides is 1.